The summed E-state index contributed by atoms with van der Waals surface area (Å²) in [5.74, 6) is -0.703. The fourth-order valence-corrected chi connectivity index (χ4v) is 5.73. The standard InChI is InChI=1S/C23H17BrCl2N2O4S/c1-3-32-22(31)18-11(2)27-23-28(19(18)14-6-4-5-7-15(14)25)21(30)17(33-23)9-12-8-13(24)10-16(26)20(12)29/h4-10,19,29H,3H2,1-2H3/t19-/m1/s1. The van der Waals surface area contributed by atoms with Crippen LogP contribution in [0.3, 0.4) is 0 Å². The molecule has 33 heavy (non-hydrogen) atoms. The van der Waals surface area contributed by atoms with Crippen LogP contribution in [0.15, 0.2) is 61.9 Å². The number of aromatic hydroxyl groups is 1. The van der Waals surface area contributed by atoms with E-state index in [1.807, 2.05) is 0 Å². The molecule has 1 aliphatic heterocycles. The minimum atomic E-state index is -0.809. The molecule has 2 heterocycles. The Morgan fingerprint density at radius 1 is 1.30 bits per heavy atom. The van der Waals surface area contributed by atoms with Gasteiger partial charge < -0.3 is 9.84 Å². The fourth-order valence-electron chi connectivity index (χ4n) is 3.62. The highest BCUT2D eigenvalue weighted by Gasteiger charge is 2.34. The van der Waals surface area contributed by atoms with Gasteiger partial charge in [-0.1, -0.05) is 68.7 Å². The lowest BCUT2D eigenvalue weighted by molar-refractivity contribution is -0.139. The van der Waals surface area contributed by atoms with Crippen molar-refractivity contribution in [1.82, 2.24) is 4.57 Å². The minimum Gasteiger partial charge on any atom is -0.506 e. The summed E-state index contributed by atoms with van der Waals surface area (Å²) in [6.45, 7) is 3.59. The molecule has 0 saturated heterocycles. The Bertz CT molecular complexity index is 1490. The molecule has 0 amide bonds. The van der Waals surface area contributed by atoms with E-state index in [9.17, 15) is 14.7 Å². The zero-order valence-corrected chi connectivity index (χ0v) is 21.3. The van der Waals surface area contributed by atoms with Gasteiger partial charge in [0.05, 0.1) is 27.4 Å². The van der Waals surface area contributed by atoms with Gasteiger partial charge in [-0.05, 0) is 43.7 Å². The van der Waals surface area contributed by atoms with Gasteiger partial charge in [-0.15, -0.1) is 0 Å². The number of ether oxygens (including phenoxy) is 1. The van der Waals surface area contributed by atoms with Crippen molar-refractivity contribution in [1.29, 1.82) is 0 Å². The average molecular weight is 568 g/mol. The van der Waals surface area contributed by atoms with Crippen molar-refractivity contribution in [2.24, 2.45) is 4.99 Å². The summed E-state index contributed by atoms with van der Waals surface area (Å²) in [5, 5.41) is 10.9. The van der Waals surface area contributed by atoms with Gasteiger partial charge in [0.15, 0.2) is 4.80 Å². The Balaban J connectivity index is 2.01. The molecule has 3 aromatic rings. The quantitative estimate of drug-likeness (QED) is 0.468. The number of esters is 1. The Hall–Kier alpha value is -2.39. The third-order valence-electron chi connectivity index (χ3n) is 5.06. The summed E-state index contributed by atoms with van der Waals surface area (Å²) in [6.07, 6.45) is 1.54. The van der Waals surface area contributed by atoms with E-state index in [4.69, 9.17) is 27.9 Å². The van der Waals surface area contributed by atoms with E-state index in [0.29, 0.717) is 35.7 Å². The number of aromatic nitrogens is 1. The lowest BCUT2D eigenvalue weighted by Gasteiger charge is -2.25. The monoisotopic (exact) mass is 566 g/mol. The first-order chi connectivity index (χ1) is 15.7. The predicted molar refractivity (Wildman–Crippen MR) is 133 cm³/mol. The lowest BCUT2D eigenvalue weighted by Crippen LogP contribution is -2.40. The summed E-state index contributed by atoms with van der Waals surface area (Å²) in [6, 6.07) is 9.43. The van der Waals surface area contributed by atoms with E-state index in [0.717, 1.165) is 11.3 Å². The van der Waals surface area contributed by atoms with Gasteiger partial charge in [0.2, 0.25) is 0 Å². The number of fused-ring (bicyclic) bond motifs is 1. The van der Waals surface area contributed by atoms with Crippen molar-refractivity contribution in [3.63, 3.8) is 0 Å². The number of nitrogens with zero attached hydrogens (tertiary/aromatic N) is 2. The van der Waals surface area contributed by atoms with Gasteiger partial charge in [0.1, 0.15) is 11.8 Å². The maximum Gasteiger partial charge on any atom is 0.338 e. The summed E-state index contributed by atoms with van der Waals surface area (Å²) in [7, 11) is 0. The van der Waals surface area contributed by atoms with Gasteiger partial charge in [-0.25, -0.2) is 9.79 Å². The normalized spacial score (nSPS) is 15.9. The number of carbonyl (C=O) groups excluding carboxylic acids is 1. The number of allylic oxidation sites excluding steroid dienone is 1. The third-order valence-corrected chi connectivity index (χ3v) is 7.13. The van der Waals surface area contributed by atoms with Crippen molar-refractivity contribution in [3.8, 4) is 5.75 Å². The topological polar surface area (TPSA) is 80.9 Å². The highest BCUT2D eigenvalue weighted by atomic mass is 79.9. The van der Waals surface area contributed by atoms with Crippen molar-refractivity contribution in [2.75, 3.05) is 6.61 Å². The molecular weight excluding hydrogens is 551 g/mol. The van der Waals surface area contributed by atoms with Crippen LogP contribution in [0.5, 0.6) is 5.75 Å². The molecule has 0 saturated carbocycles. The Labute approximate surface area is 211 Å². The molecule has 0 aliphatic carbocycles. The summed E-state index contributed by atoms with van der Waals surface area (Å²) < 4.78 is 7.67. The van der Waals surface area contributed by atoms with E-state index < -0.39 is 12.0 Å². The number of hydrogen-bond acceptors (Lipinski definition) is 6. The first kappa shape index (κ1) is 23.8. The number of benzene rings is 2. The molecule has 0 radical (unpaired) electrons. The fraction of sp³-hybridized carbons (Fsp3) is 0.174. The summed E-state index contributed by atoms with van der Waals surface area (Å²) in [4.78, 5) is 31.4. The van der Waals surface area contributed by atoms with Crippen LogP contribution in [0, 0.1) is 0 Å². The molecule has 0 unspecified atom stereocenters. The van der Waals surface area contributed by atoms with E-state index >= 15 is 0 Å². The second-order valence-electron chi connectivity index (χ2n) is 7.15. The zero-order valence-electron chi connectivity index (χ0n) is 17.4. The van der Waals surface area contributed by atoms with Gasteiger partial charge in [0, 0.05) is 15.1 Å². The molecule has 4 rings (SSSR count). The average Bonchev–Trinajstić information content (AvgIpc) is 3.06. The SMILES string of the molecule is CCOC(=O)C1=C(C)N=c2sc(=Cc3cc(Br)cc(Cl)c3O)c(=O)n2[C@@H]1c1ccccc1Cl. The molecule has 6 nitrogen and oxygen atoms in total. The van der Waals surface area contributed by atoms with Crippen LogP contribution in [0.2, 0.25) is 10.0 Å². The van der Waals surface area contributed by atoms with Crippen LogP contribution >= 0.6 is 50.5 Å². The number of carbonyl (C=O) groups is 1. The zero-order chi connectivity index (χ0) is 23.9. The van der Waals surface area contributed by atoms with Crippen molar-refractivity contribution in [2.45, 2.75) is 19.9 Å². The van der Waals surface area contributed by atoms with Gasteiger partial charge in [-0.2, -0.15) is 0 Å². The number of rotatable bonds is 4. The van der Waals surface area contributed by atoms with Gasteiger partial charge in [-0.3, -0.25) is 9.36 Å². The maximum atomic E-state index is 13.6. The van der Waals surface area contributed by atoms with Crippen LogP contribution < -0.4 is 14.9 Å². The molecule has 0 fully saturated rings. The van der Waals surface area contributed by atoms with Crippen molar-refractivity contribution >= 4 is 62.5 Å². The number of hydrogen-bond donors (Lipinski definition) is 1. The summed E-state index contributed by atoms with van der Waals surface area (Å²) >= 11 is 17.0. The molecule has 1 aromatic heterocycles. The van der Waals surface area contributed by atoms with E-state index in [1.54, 1.807) is 56.3 Å². The first-order valence-electron chi connectivity index (χ1n) is 9.85. The van der Waals surface area contributed by atoms with Crippen molar-refractivity contribution in [3.05, 3.63) is 93.0 Å². The van der Waals surface area contributed by atoms with Crippen LogP contribution in [-0.4, -0.2) is 22.2 Å². The molecular formula is C23H17BrCl2N2O4S. The molecule has 170 valence electrons. The minimum absolute atomic E-state index is 0.142. The van der Waals surface area contributed by atoms with E-state index in [2.05, 4.69) is 20.9 Å². The predicted octanol–water partition coefficient (Wildman–Crippen LogP) is 4.57. The maximum absolute atomic E-state index is 13.6. The second kappa shape index (κ2) is 9.46. The highest BCUT2D eigenvalue weighted by Crippen LogP contribution is 2.35. The Morgan fingerprint density at radius 2 is 2.03 bits per heavy atom. The van der Waals surface area contributed by atoms with Gasteiger partial charge in [0.25, 0.3) is 5.56 Å². The molecule has 0 spiro atoms. The summed E-state index contributed by atoms with van der Waals surface area (Å²) in [5.41, 5.74) is 1.26. The largest absolute Gasteiger partial charge is 0.506 e. The van der Waals surface area contributed by atoms with Crippen LogP contribution in [0.4, 0.5) is 0 Å². The van der Waals surface area contributed by atoms with Crippen LogP contribution in [-0.2, 0) is 9.53 Å². The first-order valence-corrected chi connectivity index (χ1v) is 12.2. The van der Waals surface area contributed by atoms with E-state index in [1.165, 1.54) is 4.57 Å². The number of phenolic OH excluding ortho intramolecular Hbond substituents is 1. The number of thiazole rings is 1. The lowest BCUT2D eigenvalue weighted by atomic mass is 9.96. The van der Waals surface area contributed by atoms with E-state index in [-0.39, 0.29) is 28.5 Å². The second-order valence-corrected chi connectivity index (χ2v) is 9.89. The molecule has 1 aliphatic rings. The van der Waals surface area contributed by atoms with Crippen molar-refractivity contribution < 1.29 is 14.6 Å². The van der Waals surface area contributed by atoms with Crippen LogP contribution in [0.25, 0.3) is 6.08 Å². The number of halogens is 3. The molecule has 2 aromatic carbocycles. The molecule has 0 bridgehead atoms. The number of phenols is 1. The molecule has 10 heteroatoms. The molecule has 1 N–H and O–H groups in total. The van der Waals surface area contributed by atoms with Crippen LogP contribution in [0.1, 0.15) is 31.0 Å². The molecule has 1 atom stereocenters. The Kier molecular flexibility index (Phi) is 6.81. The van der Waals surface area contributed by atoms with Gasteiger partial charge >= 0.3 is 5.97 Å². The highest BCUT2D eigenvalue weighted by molar-refractivity contribution is 9.10. The smallest absolute Gasteiger partial charge is 0.338 e. The third kappa shape index (κ3) is 4.40. The Morgan fingerprint density at radius 3 is 2.73 bits per heavy atom.